The molecular weight excluding hydrogens is 262 g/mol. The summed E-state index contributed by atoms with van der Waals surface area (Å²) < 4.78 is 61.8. The molecular formula is C8H3Cl2F5. The van der Waals surface area contributed by atoms with Crippen LogP contribution in [0.5, 0.6) is 0 Å². The van der Waals surface area contributed by atoms with Crippen LogP contribution in [0.15, 0.2) is 12.1 Å². The second kappa shape index (κ2) is 4.14. The lowest BCUT2D eigenvalue weighted by Crippen LogP contribution is -2.11. The molecule has 0 aliphatic rings. The minimum atomic E-state index is -4.95. The van der Waals surface area contributed by atoms with Gasteiger partial charge in [0.2, 0.25) is 0 Å². The molecule has 1 aromatic rings. The summed E-state index contributed by atoms with van der Waals surface area (Å²) in [5, 5.41) is -1.44. The first-order chi connectivity index (χ1) is 6.75. The molecule has 1 aromatic carbocycles. The van der Waals surface area contributed by atoms with E-state index >= 15 is 0 Å². The molecule has 0 spiro atoms. The minimum Gasteiger partial charge on any atom is -0.205 e. The van der Waals surface area contributed by atoms with E-state index in [2.05, 4.69) is 0 Å². The van der Waals surface area contributed by atoms with Gasteiger partial charge in [-0.2, -0.15) is 13.2 Å². The molecule has 0 aliphatic carbocycles. The summed E-state index contributed by atoms with van der Waals surface area (Å²) in [4.78, 5) is 0. The van der Waals surface area contributed by atoms with E-state index in [-0.39, 0.29) is 0 Å². The average molecular weight is 265 g/mol. The molecule has 0 atom stereocenters. The van der Waals surface area contributed by atoms with Crippen molar-refractivity contribution >= 4 is 23.2 Å². The molecule has 0 fully saturated rings. The highest BCUT2D eigenvalue weighted by atomic mass is 35.5. The number of hydrogen-bond donors (Lipinski definition) is 0. The van der Waals surface area contributed by atoms with Gasteiger partial charge in [-0.3, -0.25) is 0 Å². The SMILES string of the molecule is FC(F)c1c(Cl)ccc(Cl)c1C(F)(F)F. The van der Waals surface area contributed by atoms with Crippen LogP contribution in [-0.4, -0.2) is 0 Å². The van der Waals surface area contributed by atoms with Crippen molar-refractivity contribution in [1.29, 1.82) is 0 Å². The highest BCUT2D eigenvalue weighted by Crippen LogP contribution is 2.43. The van der Waals surface area contributed by atoms with Gasteiger partial charge in [0.1, 0.15) is 0 Å². The quantitative estimate of drug-likeness (QED) is 0.630. The predicted octanol–water partition coefficient (Wildman–Crippen LogP) is 4.95. The molecule has 0 heterocycles. The third-order valence-electron chi connectivity index (χ3n) is 1.64. The number of hydrogen-bond acceptors (Lipinski definition) is 0. The maximum Gasteiger partial charge on any atom is 0.418 e. The van der Waals surface area contributed by atoms with Crippen molar-refractivity contribution in [1.82, 2.24) is 0 Å². The van der Waals surface area contributed by atoms with Crippen molar-refractivity contribution in [2.24, 2.45) is 0 Å². The average Bonchev–Trinajstić information content (AvgIpc) is 2.05. The first-order valence-corrected chi connectivity index (χ1v) is 4.34. The lowest BCUT2D eigenvalue weighted by molar-refractivity contribution is -0.139. The summed E-state index contributed by atoms with van der Waals surface area (Å²) in [5.74, 6) is 0. The maximum absolute atomic E-state index is 12.4. The van der Waals surface area contributed by atoms with Gasteiger partial charge in [0.05, 0.1) is 21.2 Å². The van der Waals surface area contributed by atoms with E-state index < -0.39 is 33.8 Å². The summed E-state index contributed by atoms with van der Waals surface area (Å²) in [6.45, 7) is 0. The van der Waals surface area contributed by atoms with Gasteiger partial charge in [0.15, 0.2) is 0 Å². The van der Waals surface area contributed by atoms with Crippen LogP contribution in [0.25, 0.3) is 0 Å². The molecule has 0 N–H and O–H groups in total. The predicted molar refractivity (Wildman–Crippen MR) is 46.4 cm³/mol. The van der Waals surface area contributed by atoms with Crippen LogP contribution < -0.4 is 0 Å². The van der Waals surface area contributed by atoms with E-state index in [1.54, 1.807) is 0 Å². The Balaban J connectivity index is 3.53. The van der Waals surface area contributed by atoms with Gasteiger partial charge in [0.25, 0.3) is 6.43 Å². The van der Waals surface area contributed by atoms with Crippen LogP contribution in [0.1, 0.15) is 17.6 Å². The smallest absolute Gasteiger partial charge is 0.205 e. The Bertz CT molecular complexity index is 372. The Morgan fingerprint density at radius 3 is 1.80 bits per heavy atom. The normalized spacial score (nSPS) is 12.3. The lowest BCUT2D eigenvalue weighted by atomic mass is 10.1. The van der Waals surface area contributed by atoms with E-state index in [1.165, 1.54) is 0 Å². The zero-order valence-corrected chi connectivity index (χ0v) is 8.39. The van der Waals surface area contributed by atoms with Gasteiger partial charge in [-0.1, -0.05) is 23.2 Å². The van der Waals surface area contributed by atoms with Gasteiger partial charge < -0.3 is 0 Å². The third kappa shape index (κ3) is 2.52. The van der Waals surface area contributed by atoms with E-state index in [4.69, 9.17) is 23.2 Å². The van der Waals surface area contributed by atoms with Gasteiger partial charge in [0, 0.05) is 0 Å². The molecule has 0 saturated heterocycles. The van der Waals surface area contributed by atoms with Gasteiger partial charge in [-0.15, -0.1) is 0 Å². The Morgan fingerprint density at radius 2 is 1.47 bits per heavy atom. The molecule has 7 heteroatoms. The van der Waals surface area contributed by atoms with Crippen molar-refractivity contribution in [2.45, 2.75) is 12.6 Å². The van der Waals surface area contributed by atoms with Crippen LogP contribution >= 0.6 is 23.2 Å². The van der Waals surface area contributed by atoms with E-state index in [9.17, 15) is 22.0 Å². The number of rotatable bonds is 1. The summed E-state index contributed by atoms with van der Waals surface area (Å²) in [6.07, 6.45) is -8.28. The van der Waals surface area contributed by atoms with E-state index in [0.29, 0.717) is 0 Å². The van der Waals surface area contributed by atoms with Gasteiger partial charge in [-0.05, 0) is 12.1 Å². The topological polar surface area (TPSA) is 0 Å². The van der Waals surface area contributed by atoms with Crippen LogP contribution in [0.3, 0.4) is 0 Å². The molecule has 0 aliphatic heterocycles. The molecule has 0 aromatic heterocycles. The highest BCUT2D eigenvalue weighted by Gasteiger charge is 2.39. The maximum atomic E-state index is 12.4. The van der Waals surface area contributed by atoms with Crippen molar-refractivity contribution in [2.75, 3.05) is 0 Å². The minimum absolute atomic E-state index is 0.651. The summed E-state index contributed by atoms with van der Waals surface area (Å²) in [5.41, 5.74) is -2.86. The molecule has 0 amide bonds. The third-order valence-corrected chi connectivity index (χ3v) is 2.29. The van der Waals surface area contributed by atoms with Crippen LogP contribution in [0, 0.1) is 0 Å². The number of alkyl halides is 5. The second-order valence-electron chi connectivity index (χ2n) is 2.62. The van der Waals surface area contributed by atoms with Crippen LogP contribution in [0.2, 0.25) is 10.0 Å². The van der Waals surface area contributed by atoms with Gasteiger partial charge >= 0.3 is 6.18 Å². The monoisotopic (exact) mass is 264 g/mol. The summed E-state index contributed by atoms with van der Waals surface area (Å²) >= 11 is 10.5. The molecule has 0 saturated carbocycles. The largest absolute Gasteiger partial charge is 0.418 e. The zero-order valence-electron chi connectivity index (χ0n) is 6.88. The first kappa shape index (κ1) is 12.5. The van der Waals surface area contributed by atoms with E-state index in [1.807, 2.05) is 0 Å². The fourth-order valence-electron chi connectivity index (χ4n) is 1.07. The van der Waals surface area contributed by atoms with Gasteiger partial charge in [-0.25, -0.2) is 8.78 Å². The highest BCUT2D eigenvalue weighted by molar-refractivity contribution is 6.34. The summed E-state index contributed by atoms with van der Waals surface area (Å²) in [6, 6.07) is 1.74. The fourth-order valence-corrected chi connectivity index (χ4v) is 1.58. The Kier molecular flexibility index (Phi) is 3.45. The Hall–Kier alpha value is -0.550. The van der Waals surface area contributed by atoms with Crippen LogP contribution in [0.4, 0.5) is 22.0 Å². The van der Waals surface area contributed by atoms with Crippen molar-refractivity contribution < 1.29 is 22.0 Å². The molecule has 84 valence electrons. The Morgan fingerprint density at radius 1 is 1.00 bits per heavy atom. The first-order valence-electron chi connectivity index (χ1n) is 3.58. The number of benzene rings is 1. The Labute approximate surface area is 91.6 Å². The van der Waals surface area contributed by atoms with E-state index in [0.717, 1.165) is 12.1 Å². The number of halogens is 7. The summed E-state index contributed by atoms with van der Waals surface area (Å²) in [7, 11) is 0. The fraction of sp³-hybridized carbons (Fsp3) is 0.250. The molecule has 15 heavy (non-hydrogen) atoms. The lowest BCUT2D eigenvalue weighted by Gasteiger charge is -2.15. The van der Waals surface area contributed by atoms with Crippen molar-refractivity contribution in [3.8, 4) is 0 Å². The molecule has 0 bridgehead atoms. The molecule has 1 rings (SSSR count). The second-order valence-corrected chi connectivity index (χ2v) is 3.43. The molecule has 0 radical (unpaired) electrons. The standard InChI is InChI=1S/C8H3Cl2F5/c9-3-1-2-4(10)6(8(13,14)15)5(3)7(11)12/h1-2,7H. The molecule has 0 nitrogen and oxygen atoms in total. The zero-order chi connectivity index (χ0) is 11.8. The van der Waals surface area contributed by atoms with Crippen molar-refractivity contribution in [3.63, 3.8) is 0 Å². The van der Waals surface area contributed by atoms with Crippen molar-refractivity contribution in [3.05, 3.63) is 33.3 Å². The molecule has 0 unspecified atom stereocenters. The van der Waals surface area contributed by atoms with Crippen LogP contribution in [-0.2, 0) is 6.18 Å².